The number of nitrogens with zero attached hydrogens (tertiary/aromatic N) is 1. The van der Waals surface area contributed by atoms with Crippen molar-refractivity contribution in [2.75, 3.05) is 0 Å². The highest BCUT2D eigenvalue weighted by molar-refractivity contribution is 5.99. The van der Waals surface area contributed by atoms with Gasteiger partial charge >= 0.3 is 5.97 Å². The van der Waals surface area contributed by atoms with Crippen LogP contribution in [0, 0.1) is 0 Å². The van der Waals surface area contributed by atoms with Crippen molar-refractivity contribution in [2.45, 2.75) is 45.6 Å². The van der Waals surface area contributed by atoms with Crippen LogP contribution in [-0.4, -0.2) is 27.5 Å². The van der Waals surface area contributed by atoms with Crippen LogP contribution in [0.5, 0.6) is 0 Å². The van der Waals surface area contributed by atoms with Gasteiger partial charge in [-0.2, -0.15) is 0 Å². The first kappa shape index (κ1) is 16.9. The Morgan fingerprint density at radius 3 is 2.43 bits per heavy atom. The predicted molar refractivity (Wildman–Crippen MR) is 82.0 cm³/mol. The van der Waals surface area contributed by atoms with Crippen LogP contribution in [-0.2, 0) is 4.79 Å². The van der Waals surface area contributed by atoms with E-state index in [2.05, 4.69) is 10.3 Å². The topological polar surface area (TPSA) is 79.3 Å². The van der Waals surface area contributed by atoms with Crippen molar-refractivity contribution in [3.05, 3.63) is 35.7 Å². The number of carbonyl (C=O) groups is 2. The van der Waals surface area contributed by atoms with Gasteiger partial charge in [0.25, 0.3) is 5.91 Å². The maximum Gasteiger partial charge on any atom is 0.328 e. The van der Waals surface area contributed by atoms with Crippen LogP contribution in [0.25, 0.3) is 6.08 Å². The molecule has 21 heavy (non-hydrogen) atoms. The number of carboxylic acid groups (broad SMARTS) is 1. The molecule has 5 nitrogen and oxygen atoms in total. The molecule has 0 saturated heterocycles. The zero-order valence-corrected chi connectivity index (χ0v) is 12.7. The van der Waals surface area contributed by atoms with Crippen molar-refractivity contribution in [2.24, 2.45) is 0 Å². The van der Waals surface area contributed by atoms with Crippen LogP contribution in [0.1, 0.15) is 56.0 Å². The Balaban J connectivity index is 3.05. The molecule has 0 saturated carbocycles. The normalized spacial score (nSPS) is 11.6. The van der Waals surface area contributed by atoms with Crippen LogP contribution in [0.4, 0.5) is 0 Å². The van der Waals surface area contributed by atoms with E-state index in [0.717, 1.165) is 25.3 Å². The largest absolute Gasteiger partial charge is 0.478 e. The Morgan fingerprint density at radius 1 is 1.29 bits per heavy atom. The highest BCUT2D eigenvalue weighted by Gasteiger charge is 2.26. The molecule has 5 heteroatoms. The molecule has 1 heterocycles. The summed E-state index contributed by atoms with van der Waals surface area (Å²) < 4.78 is 0. The average Bonchev–Trinajstić information content (AvgIpc) is 2.51. The number of carbonyl (C=O) groups excluding carboxylic acids is 1. The summed E-state index contributed by atoms with van der Waals surface area (Å²) in [6.45, 7) is 6.14. The van der Waals surface area contributed by atoms with E-state index in [-0.39, 0.29) is 11.4 Å². The smallest absolute Gasteiger partial charge is 0.328 e. The van der Waals surface area contributed by atoms with Gasteiger partial charge in [0.05, 0.1) is 0 Å². The Bertz CT molecular complexity index is 526. The molecule has 0 unspecified atom stereocenters. The van der Waals surface area contributed by atoms with Crippen LogP contribution < -0.4 is 5.32 Å². The highest BCUT2D eigenvalue weighted by Crippen LogP contribution is 2.21. The van der Waals surface area contributed by atoms with Gasteiger partial charge in [0, 0.05) is 35.1 Å². The van der Waals surface area contributed by atoms with Crippen LogP contribution in [0.2, 0.25) is 0 Å². The number of aromatic nitrogens is 1. The summed E-state index contributed by atoms with van der Waals surface area (Å²) in [5, 5.41) is 11.8. The third kappa shape index (κ3) is 4.41. The number of carboxylic acids is 1. The molecule has 0 aliphatic carbocycles. The number of hydrogen-bond acceptors (Lipinski definition) is 3. The van der Waals surface area contributed by atoms with Gasteiger partial charge in [-0.1, -0.05) is 20.8 Å². The van der Waals surface area contributed by atoms with Crippen molar-refractivity contribution < 1.29 is 14.7 Å². The minimum atomic E-state index is -1.06. The molecule has 0 atom stereocenters. The SMILES string of the molecule is CCC(CC)(CC)NC(=O)c1ccncc1C=CC(=O)O. The van der Waals surface area contributed by atoms with Gasteiger partial charge in [-0.15, -0.1) is 0 Å². The molecule has 0 aliphatic rings. The van der Waals surface area contributed by atoms with Crippen molar-refractivity contribution in [1.29, 1.82) is 0 Å². The number of amides is 1. The van der Waals surface area contributed by atoms with Gasteiger partial charge in [-0.05, 0) is 31.4 Å². The lowest BCUT2D eigenvalue weighted by Gasteiger charge is -2.32. The molecule has 0 aliphatic heterocycles. The first-order valence-electron chi connectivity index (χ1n) is 7.15. The van der Waals surface area contributed by atoms with E-state index in [1.54, 1.807) is 6.07 Å². The fraction of sp³-hybridized carbons (Fsp3) is 0.438. The van der Waals surface area contributed by atoms with Crippen LogP contribution in [0.3, 0.4) is 0 Å². The molecule has 2 N–H and O–H groups in total. The molecule has 1 aromatic rings. The summed E-state index contributed by atoms with van der Waals surface area (Å²) in [6, 6.07) is 1.60. The van der Waals surface area contributed by atoms with Gasteiger partial charge in [-0.25, -0.2) is 4.79 Å². The lowest BCUT2D eigenvalue weighted by Crippen LogP contribution is -2.47. The summed E-state index contributed by atoms with van der Waals surface area (Å²) >= 11 is 0. The number of nitrogens with one attached hydrogen (secondary N) is 1. The molecule has 0 spiro atoms. The van der Waals surface area contributed by atoms with Crippen LogP contribution in [0.15, 0.2) is 24.5 Å². The Labute approximate surface area is 125 Å². The molecular formula is C16H22N2O3. The Hall–Kier alpha value is -2.17. The highest BCUT2D eigenvalue weighted by atomic mass is 16.4. The minimum absolute atomic E-state index is 0.201. The van der Waals surface area contributed by atoms with Gasteiger partial charge in [0.2, 0.25) is 0 Å². The van der Waals surface area contributed by atoms with E-state index in [9.17, 15) is 9.59 Å². The third-order valence-electron chi connectivity index (χ3n) is 3.91. The molecule has 1 rings (SSSR count). The maximum atomic E-state index is 12.5. The van der Waals surface area contributed by atoms with Crippen molar-refractivity contribution >= 4 is 18.0 Å². The summed E-state index contributed by atoms with van der Waals surface area (Å²) in [6.07, 6.45) is 7.93. The predicted octanol–water partition coefficient (Wildman–Crippen LogP) is 2.88. The molecule has 114 valence electrons. The van der Waals surface area contributed by atoms with E-state index < -0.39 is 5.97 Å². The van der Waals surface area contributed by atoms with Crippen molar-refractivity contribution in [3.8, 4) is 0 Å². The second-order valence-electron chi connectivity index (χ2n) is 4.93. The maximum absolute atomic E-state index is 12.5. The van der Waals surface area contributed by atoms with Crippen LogP contribution >= 0.6 is 0 Å². The van der Waals surface area contributed by atoms with Crippen molar-refractivity contribution in [3.63, 3.8) is 0 Å². The van der Waals surface area contributed by atoms with E-state index in [4.69, 9.17) is 5.11 Å². The minimum Gasteiger partial charge on any atom is -0.478 e. The van der Waals surface area contributed by atoms with E-state index in [1.165, 1.54) is 18.5 Å². The Kier molecular flexibility index (Phi) is 6.09. The summed E-state index contributed by atoms with van der Waals surface area (Å²) in [5.41, 5.74) is 0.700. The van der Waals surface area contributed by atoms with Gasteiger partial charge in [-0.3, -0.25) is 9.78 Å². The first-order valence-corrected chi connectivity index (χ1v) is 7.15. The number of pyridine rings is 1. The zero-order chi connectivity index (χ0) is 15.9. The molecule has 0 aromatic carbocycles. The van der Waals surface area contributed by atoms with Gasteiger partial charge in [0.1, 0.15) is 0 Å². The quantitative estimate of drug-likeness (QED) is 0.757. The fourth-order valence-corrected chi connectivity index (χ4v) is 2.23. The number of hydrogen-bond donors (Lipinski definition) is 2. The molecule has 0 radical (unpaired) electrons. The monoisotopic (exact) mass is 290 g/mol. The molecule has 0 fully saturated rings. The molecule has 0 bridgehead atoms. The standard InChI is InChI=1S/C16H22N2O3/c1-4-16(5-2,6-3)18-15(21)13-9-10-17-11-12(13)7-8-14(19)20/h7-11H,4-6H2,1-3H3,(H,18,21)(H,19,20). The molecular weight excluding hydrogens is 268 g/mol. The van der Waals surface area contributed by atoms with E-state index >= 15 is 0 Å². The summed E-state index contributed by atoms with van der Waals surface area (Å²) in [7, 11) is 0. The summed E-state index contributed by atoms with van der Waals surface area (Å²) in [5.74, 6) is -1.26. The average molecular weight is 290 g/mol. The lowest BCUT2D eigenvalue weighted by atomic mass is 9.89. The Morgan fingerprint density at radius 2 is 1.90 bits per heavy atom. The third-order valence-corrected chi connectivity index (χ3v) is 3.91. The summed E-state index contributed by atoms with van der Waals surface area (Å²) in [4.78, 5) is 27.0. The lowest BCUT2D eigenvalue weighted by molar-refractivity contribution is -0.131. The molecule has 1 aromatic heterocycles. The van der Waals surface area contributed by atoms with Gasteiger partial charge in [0.15, 0.2) is 0 Å². The second kappa shape index (κ2) is 7.57. The molecule has 1 amide bonds. The van der Waals surface area contributed by atoms with Crippen molar-refractivity contribution in [1.82, 2.24) is 10.3 Å². The van der Waals surface area contributed by atoms with Gasteiger partial charge < -0.3 is 10.4 Å². The second-order valence-corrected chi connectivity index (χ2v) is 4.93. The number of aliphatic carboxylic acids is 1. The fourth-order valence-electron chi connectivity index (χ4n) is 2.23. The van der Waals surface area contributed by atoms with E-state index in [0.29, 0.717) is 11.1 Å². The first-order chi connectivity index (χ1) is 9.98. The zero-order valence-electron chi connectivity index (χ0n) is 12.7. The van der Waals surface area contributed by atoms with E-state index in [1.807, 2.05) is 20.8 Å². The number of rotatable bonds is 7.